The maximum Gasteiger partial charge on any atom is 0.266 e. The number of nitrogens with one attached hydrogen (secondary N) is 1. The van der Waals surface area contributed by atoms with Crippen LogP contribution in [0, 0.1) is 44.9 Å². The molecule has 1 heterocycles. The fourth-order valence-corrected chi connectivity index (χ4v) is 3.12. The van der Waals surface area contributed by atoms with Gasteiger partial charge in [-0.2, -0.15) is 5.26 Å². The Kier molecular flexibility index (Phi) is 6.05. The van der Waals surface area contributed by atoms with Crippen LogP contribution in [0.15, 0.2) is 29.8 Å². The van der Waals surface area contributed by atoms with Crippen molar-refractivity contribution in [2.75, 3.05) is 5.32 Å². The van der Waals surface area contributed by atoms with Gasteiger partial charge in [-0.1, -0.05) is 32.0 Å². The minimum Gasteiger partial charge on any atom is -0.348 e. The van der Waals surface area contributed by atoms with Crippen LogP contribution in [-0.2, 0) is 11.3 Å². The van der Waals surface area contributed by atoms with Crippen LogP contribution in [0.3, 0.4) is 0 Å². The van der Waals surface area contributed by atoms with E-state index in [0.29, 0.717) is 5.92 Å². The molecule has 0 spiro atoms. The molecule has 0 radical (unpaired) electrons. The van der Waals surface area contributed by atoms with Crippen molar-refractivity contribution in [3.63, 3.8) is 0 Å². The SMILES string of the molecule is Cc1cccc(C)c1NC(=O)/C(C#N)=C/c1cc(C)n(CC(C)C)c1C. The number of nitriles is 1. The Balaban J connectivity index is 2.34. The van der Waals surface area contributed by atoms with Crippen LogP contribution in [0.2, 0.25) is 0 Å². The summed E-state index contributed by atoms with van der Waals surface area (Å²) in [7, 11) is 0. The quantitative estimate of drug-likeness (QED) is 0.615. The zero-order valence-electron chi connectivity index (χ0n) is 16.5. The summed E-state index contributed by atoms with van der Waals surface area (Å²) in [5.74, 6) is 0.151. The number of para-hydroxylation sites is 1. The first-order valence-corrected chi connectivity index (χ1v) is 8.90. The zero-order chi connectivity index (χ0) is 19.4. The number of aryl methyl sites for hydroxylation is 3. The van der Waals surface area contributed by atoms with E-state index in [9.17, 15) is 10.1 Å². The van der Waals surface area contributed by atoms with Gasteiger partial charge in [-0.05, 0) is 62.4 Å². The third kappa shape index (κ3) is 4.23. The summed E-state index contributed by atoms with van der Waals surface area (Å²) in [6, 6.07) is 9.91. The molecule has 0 atom stereocenters. The highest BCUT2D eigenvalue weighted by molar-refractivity contribution is 6.10. The number of benzene rings is 1. The van der Waals surface area contributed by atoms with E-state index in [0.717, 1.165) is 40.3 Å². The lowest BCUT2D eigenvalue weighted by molar-refractivity contribution is -0.112. The van der Waals surface area contributed by atoms with Crippen molar-refractivity contribution in [2.24, 2.45) is 5.92 Å². The molecule has 0 unspecified atom stereocenters. The molecule has 0 fully saturated rings. The number of aromatic nitrogens is 1. The second kappa shape index (κ2) is 8.05. The molecule has 1 amide bonds. The maximum absolute atomic E-state index is 12.6. The highest BCUT2D eigenvalue weighted by Gasteiger charge is 2.15. The van der Waals surface area contributed by atoms with Crippen molar-refractivity contribution in [1.29, 1.82) is 5.26 Å². The first-order chi connectivity index (χ1) is 12.2. The Morgan fingerprint density at radius 2 is 1.85 bits per heavy atom. The second-order valence-electron chi connectivity index (χ2n) is 7.22. The number of hydrogen-bond acceptors (Lipinski definition) is 2. The largest absolute Gasteiger partial charge is 0.348 e. The van der Waals surface area contributed by atoms with Gasteiger partial charge < -0.3 is 9.88 Å². The average molecular weight is 349 g/mol. The molecule has 0 bridgehead atoms. The number of amides is 1. The van der Waals surface area contributed by atoms with Crippen molar-refractivity contribution in [1.82, 2.24) is 4.57 Å². The van der Waals surface area contributed by atoms with E-state index < -0.39 is 0 Å². The fraction of sp³-hybridized carbons (Fsp3) is 0.364. The van der Waals surface area contributed by atoms with Gasteiger partial charge in [0.2, 0.25) is 0 Å². The van der Waals surface area contributed by atoms with Gasteiger partial charge in [-0.25, -0.2) is 0 Å². The van der Waals surface area contributed by atoms with Crippen LogP contribution in [0.4, 0.5) is 5.69 Å². The molecule has 4 heteroatoms. The molecule has 0 aliphatic heterocycles. The molecule has 1 N–H and O–H groups in total. The summed E-state index contributed by atoms with van der Waals surface area (Å²) in [5.41, 5.74) is 5.95. The van der Waals surface area contributed by atoms with E-state index in [2.05, 4.69) is 30.7 Å². The predicted molar refractivity (Wildman–Crippen MR) is 107 cm³/mol. The molecule has 1 aromatic carbocycles. The van der Waals surface area contributed by atoms with Gasteiger partial charge >= 0.3 is 0 Å². The van der Waals surface area contributed by atoms with E-state index in [-0.39, 0.29) is 11.5 Å². The molecule has 0 aliphatic carbocycles. The maximum atomic E-state index is 12.6. The van der Waals surface area contributed by atoms with Crippen molar-refractivity contribution in [2.45, 2.75) is 48.1 Å². The lowest BCUT2D eigenvalue weighted by Gasteiger charge is -2.12. The topological polar surface area (TPSA) is 57.8 Å². The summed E-state index contributed by atoms with van der Waals surface area (Å²) in [4.78, 5) is 12.6. The molecule has 0 saturated carbocycles. The first kappa shape index (κ1) is 19.5. The zero-order valence-corrected chi connectivity index (χ0v) is 16.5. The standard InChI is InChI=1S/C22H27N3O/c1-14(2)13-25-17(5)10-19(18(25)6)11-20(12-23)22(26)24-21-15(3)8-7-9-16(21)4/h7-11,14H,13H2,1-6H3,(H,24,26)/b20-11+. The molecule has 2 rings (SSSR count). The molecular weight excluding hydrogens is 322 g/mol. The van der Waals surface area contributed by atoms with Crippen LogP contribution >= 0.6 is 0 Å². The van der Waals surface area contributed by atoms with Gasteiger partial charge in [0, 0.05) is 23.6 Å². The van der Waals surface area contributed by atoms with Crippen molar-refractivity contribution < 1.29 is 4.79 Å². The van der Waals surface area contributed by atoms with Gasteiger partial charge in [0.25, 0.3) is 5.91 Å². The summed E-state index contributed by atoms with van der Waals surface area (Å²) >= 11 is 0. The van der Waals surface area contributed by atoms with Gasteiger partial charge in [-0.15, -0.1) is 0 Å². The average Bonchev–Trinajstić information content (AvgIpc) is 2.83. The van der Waals surface area contributed by atoms with Gasteiger partial charge in [0.15, 0.2) is 0 Å². The molecule has 26 heavy (non-hydrogen) atoms. The molecule has 4 nitrogen and oxygen atoms in total. The molecule has 2 aromatic rings. The minimum absolute atomic E-state index is 0.109. The molecule has 136 valence electrons. The van der Waals surface area contributed by atoms with Crippen molar-refractivity contribution in [3.05, 3.63) is 57.9 Å². The number of carbonyl (C=O) groups excluding carboxylic acids is 1. The third-order valence-corrected chi connectivity index (χ3v) is 4.55. The number of carbonyl (C=O) groups is 1. The monoisotopic (exact) mass is 349 g/mol. The molecular formula is C22H27N3O. The van der Waals surface area contributed by atoms with Crippen molar-refractivity contribution >= 4 is 17.7 Å². The van der Waals surface area contributed by atoms with Crippen LogP contribution in [0.5, 0.6) is 0 Å². The van der Waals surface area contributed by atoms with Crippen LogP contribution in [0.1, 0.15) is 41.9 Å². The van der Waals surface area contributed by atoms with E-state index in [4.69, 9.17) is 0 Å². The van der Waals surface area contributed by atoms with E-state index in [1.807, 2.05) is 51.1 Å². The van der Waals surface area contributed by atoms with E-state index >= 15 is 0 Å². The first-order valence-electron chi connectivity index (χ1n) is 8.90. The highest BCUT2D eigenvalue weighted by Crippen LogP contribution is 2.22. The van der Waals surface area contributed by atoms with Gasteiger partial charge in [0.05, 0.1) is 0 Å². The minimum atomic E-state index is -0.376. The number of hydrogen-bond donors (Lipinski definition) is 1. The number of anilines is 1. The Bertz CT molecular complexity index is 875. The Labute approximate surface area is 156 Å². The second-order valence-corrected chi connectivity index (χ2v) is 7.22. The molecule has 1 aromatic heterocycles. The Hall–Kier alpha value is -2.80. The normalized spacial score (nSPS) is 11.5. The van der Waals surface area contributed by atoms with Crippen molar-refractivity contribution in [3.8, 4) is 6.07 Å². The highest BCUT2D eigenvalue weighted by atomic mass is 16.1. The lowest BCUT2D eigenvalue weighted by Crippen LogP contribution is -2.15. The molecule has 0 saturated heterocycles. The van der Waals surface area contributed by atoms with E-state index in [1.54, 1.807) is 6.08 Å². The van der Waals surface area contributed by atoms with Crippen LogP contribution in [-0.4, -0.2) is 10.5 Å². The summed E-state index contributed by atoms with van der Waals surface area (Å²) in [6.45, 7) is 13.2. The summed E-state index contributed by atoms with van der Waals surface area (Å²) < 4.78 is 2.23. The Morgan fingerprint density at radius 3 is 2.38 bits per heavy atom. The lowest BCUT2D eigenvalue weighted by atomic mass is 10.1. The fourth-order valence-electron chi connectivity index (χ4n) is 3.12. The number of rotatable bonds is 5. The summed E-state index contributed by atoms with van der Waals surface area (Å²) in [5, 5.41) is 12.4. The molecule has 0 aliphatic rings. The van der Waals surface area contributed by atoms with Crippen LogP contribution in [0.25, 0.3) is 6.08 Å². The Morgan fingerprint density at radius 1 is 1.23 bits per heavy atom. The van der Waals surface area contributed by atoms with Gasteiger partial charge in [-0.3, -0.25) is 4.79 Å². The number of nitrogens with zero attached hydrogens (tertiary/aromatic N) is 2. The smallest absolute Gasteiger partial charge is 0.266 e. The predicted octanol–water partition coefficient (Wildman–Crippen LogP) is 4.92. The van der Waals surface area contributed by atoms with Gasteiger partial charge in [0.1, 0.15) is 11.6 Å². The third-order valence-electron chi connectivity index (χ3n) is 4.55. The summed E-state index contributed by atoms with van der Waals surface area (Å²) in [6.07, 6.45) is 1.68. The van der Waals surface area contributed by atoms with E-state index in [1.165, 1.54) is 0 Å². The van der Waals surface area contributed by atoms with Crippen LogP contribution < -0.4 is 5.32 Å².